The summed E-state index contributed by atoms with van der Waals surface area (Å²) in [6.07, 6.45) is 0. The molecule has 0 aliphatic carbocycles. The molecule has 0 saturated heterocycles. The molecule has 2 aromatic rings. The first-order valence-corrected chi connectivity index (χ1v) is 4.85. The molecule has 0 spiro atoms. The van der Waals surface area contributed by atoms with Crippen LogP contribution in [0.3, 0.4) is 0 Å². The average molecular weight is 360 g/mol. The minimum absolute atomic E-state index is 0. The Bertz CT molecular complexity index is 394. The molecule has 1 nitrogen and oxygen atoms in total. The molecule has 0 atom stereocenters. The number of benzene rings is 1. The van der Waals surface area contributed by atoms with Crippen molar-refractivity contribution < 1.29 is 21.1 Å². The fraction of sp³-hybridized carbons (Fsp3) is 0.300. The van der Waals surface area contributed by atoms with Gasteiger partial charge in [-0.1, -0.05) is 35.7 Å². The topological polar surface area (TPSA) is 12.9 Å². The molecular formula is C10H10NSW-. The zero-order valence-electron chi connectivity index (χ0n) is 7.57. The van der Waals surface area contributed by atoms with E-state index in [0.717, 1.165) is 5.52 Å². The van der Waals surface area contributed by atoms with E-state index in [4.69, 9.17) is 0 Å². The van der Waals surface area contributed by atoms with Gasteiger partial charge in [0, 0.05) is 21.1 Å². The standard InChI is InChI=1S/C10H10NS.W/c1-7(2)8-3-4-9-10(5-8)12-6-11-9;/h3-5,7H,1-2H3;/q-1;. The van der Waals surface area contributed by atoms with Gasteiger partial charge in [0.15, 0.2) is 0 Å². The van der Waals surface area contributed by atoms with E-state index in [-0.39, 0.29) is 21.1 Å². The number of fused-ring (bicyclic) bond motifs is 1. The van der Waals surface area contributed by atoms with Gasteiger partial charge in [0.1, 0.15) is 0 Å². The van der Waals surface area contributed by atoms with E-state index in [2.05, 4.69) is 42.5 Å². The van der Waals surface area contributed by atoms with Crippen molar-refractivity contribution in [2.24, 2.45) is 0 Å². The smallest absolute Gasteiger partial charge is 0 e. The maximum atomic E-state index is 4.11. The van der Waals surface area contributed by atoms with Gasteiger partial charge >= 0.3 is 0 Å². The van der Waals surface area contributed by atoms with Crippen LogP contribution in [-0.2, 0) is 21.1 Å². The molecule has 3 heteroatoms. The first kappa shape index (κ1) is 10.9. The van der Waals surface area contributed by atoms with E-state index in [1.54, 1.807) is 11.3 Å². The molecule has 0 aliphatic heterocycles. The van der Waals surface area contributed by atoms with Crippen LogP contribution in [0.1, 0.15) is 25.3 Å². The fourth-order valence-corrected chi connectivity index (χ4v) is 1.84. The van der Waals surface area contributed by atoms with Gasteiger partial charge in [-0.3, -0.25) is 11.3 Å². The number of aromatic nitrogens is 1. The predicted octanol–water partition coefficient (Wildman–Crippen LogP) is 3.22. The van der Waals surface area contributed by atoms with Crippen molar-refractivity contribution in [2.45, 2.75) is 19.8 Å². The average Bonchev–Trinajstić information content (AvgIpc) is 2.49. The van der Waals surface area contributed by atoms with Crippen LogP contribution in [-0.4, -0.2) is 4.98 Å². The molecule has 0 unspecified atom stereocenters. The van der Waals surface area contributed by atoms with Crippen molar-refractivity contribution >= 4 is 21.6 Å². The van der Waals surface area contributed by atoms with Crippen molar-refractivity contribution in [1.29, 1.82) is 0 Å². The first-order valence-electron chi connectivity index (χ1n) is 4.04. The molecule has 68 valence electrons. The normalized spacial score (nSPS) is 10.4. The Balaban J connectivity index is 0.000000845. The zero-order valence-corrected chi connectivity index (χ0v) is 11.3. The monoisotopic (exact) mass is 360 g/mol. The van der Waals surface area contributed by atoms with Gasteiger partial charge in [-0.15, -0.1) is 12.1 Å². The summed E-state index contributed by atoms with van der Waals surface area (Å²) < 4.78 is 1.24. The van der Waals surface area contributed by atoms with Crippen molar-refractivity contribution in [2.75, 3.05) is 0 Å². The van der Waals surface area contributed by atoms with Crippen LogP contribution in [0.25, 0.3) is 10.2 Å². The third-order valence-corrected chi connectivity index (χ3v) is 2.70. The largest absolute Gasteiger partial charge is 0.386 e. The van der Waals surface area contributed by atoms with Crippen LogP contribution in [0.4, 0.5) is 0 Å². The summed E-state index contributed by atoms with van der Waals surface area (Å²) in [6.45, 7) is 4.40. The Morgan fingerprint density at radius 1 is 1.38 bits per heavy atom. The Morgan fingerprint density at radius 3 is 2.85 bits per heavy atom. The third-order valence-electron chi connectivity index (χ3n) is 1.97. The SMILES string of the molecule is CC(C)c1ccc2n[c-]sc2c1.[W]. The summed E-state index contributed by atoms with van der Waals surface area (Å²) in [5.41, 5.74) is 5.33. The van der Waals surface area contributed by atoms with Gasteiger partial charge in [0.05, 0.1) is 0 Å². The number of thiazole rings is 1. The van der Waals surface area contributed by atoms with Gasteiger partial charge < -0.3 is 4.98 Å². The molecule has 0 amide bonds. The third kappa shape index (κ3) is 2.18. The second kappa shape index (κ2) is 4.34. The van der Waals surface area contributed by atoms with E-state index in [1.165, 1.54) is 10.3 Å². The van der Waals surface area contributed by atoms with E-state index in [9.17, 15) is 0 Å². The minimum atomic E-state index is 0. The minimum Gasteiger partial charge on any atom is -0.386 e. The van der Waals surface area contributed by atoms with E-state index < -0.39 is 0 Å². The molecule has 0 aliphatic rings. The summed E-state index contributed by atoms with van der Waals surface area (Å²) in [5.74, 6) is 0.594. The van der Waals surface area contributed by atoms with E-state index >= 15 is 0 Å². The Kier molecular flexibility index (Phi) is 3.63. The number of hydrogen-bond donors (Lipinski definition) is 0. The van der Waals surface area contributed by atoms with E-state index in [1.807, 2.05) is 0 Å². The fourth-order valence-electron chi connectivity index (χ4n) is 1.19. The number of nitrogens with zero attached hydrogens (tertiary/aromatic N) is 1. The van der Waals surface area contributed by atoms with Crippen molar-refractivity contribution in [1.82, 2.24) is 4.98 Å². The molecule has 0 N–H and O–H groups in total. The second-order valence-corrected chi connectivity index (χ2v) is 4.01. The van der Waals surface area contributed by atoms with Gasteiger partial charge in [0.25, 0.3) is 0 Å². The quantitative estimate of drug-likeness (QED) is 0.712. The Hall–Kier alpha value is -0.202. The summed E-state index contributed by atoms with van der Waals surface area (Å²) >= 11 is 1.58. The molecule has 1 heterocycles. The Labute approximate surface area is 96.5 Å². The summed E-state index contributed by atoms with van der Waals surface area (Å²) in [4.78, 5) is 4.11. The van der Waals surface area contributed by atoms with Crippen LogP contribution < -0.4 is 0 Å². The second-order valence-electron chi connectivity index (χ2n) is 3.19. The molecule has 1 aromatic heterocycles. The van der Waals surface area contributed by atoms with Crippen LogP contribution in [0.5, 0.6) is 0 Å². The van der Waals surface area contributed by atoms with Crippen LogP contribution in [0, 0.1) is 5.51 Å². The van der Waals surface area contributed by atoms with Crippen molar-refractivity contribution in [3.8, 4) is 0 Å². The summed E-state index contributed by atoms with van der Waals surface area (Å²) in [7, 11) is 0. The molecule has 1 aromatic carbocycles. The molecule has 0 fully saturated rings. The molecule has 0 saturated carbocycles. The van der Waals surface area contributed by atoms with Gasteiger partial charge in [-0.25, -0.2) is 0 Å². The number of rotatable bonds is 1. The summed E-state index contributed by atoms with van der Waals surface area (Å²) in [5, 5.41) is 0. The van der Waals surface area contributed by atoms with Gasteiger partial charge in [0.2, 0.25) is 0 Å². The number of hydrogen-bond acceptors (Lipinski definition) is 2. The molecule has 13 heavy (non-hydrogen) atoms. The van der Waals surface area contributed by atoms with Crippen LogP contribution in [0.15, 0.2) is 18.2 Å². The maximum Gasteiger partial charge on any atom is 0 e. The van der Waals surface area contributed by atoms with E-state index in [0.29, 0.717) is 5.92 Å². The van der Waals surface area contributed by atoms with Crippen molar-refractivity contribution in [3.05, 3.63) is 29.3 Å². The first-order chi connectivity index (χ1) is 5.77. The van der Waals surface area contributed by atoms with Crippen molar-refractivity contribution in [3.63, 3.8) is 0 Å². The molecule has 0 bridgehead atoms. The molecular weight excluding hydrogens is 350 g/mol. The van der Waals surface area contributed by atoms with Crippen LogP contribution in [0.2, 0.25) is 0 Å². The summed E-state index contributed by atoms with van der Waals surface area (Å²) in [6, 6.07) is 6.41. The molecule has 0 radical (unpaired) electrons. The van der Waals surface area contributed by atoms with Gasteiger partial charge in [-0.2, -0.15) is 0 Å². The molecule has 2 rings (SSSR count). The predicted molar refractivity (Wildman–Crippen MR) is 52.5 cm³/mol. The zero-order chi connectivity index (χ0) is 8.55. The van der Waals surface area contributed by atoms with Gasteiger partial charge in [-0.05, 0) is 11.4 Å². The van der Waals surface area contributed by atoms with Crippen LogP contribution >= 0.6 is 11.3 Å². The Morgan fingerprint density at radius 2 is 2.15 bits per heavy atom. The maximum absolute atomic E-state index is 4.11.